The van der Waals surface area contributed by atoms with Crippen LogP contribution in [0.15, 0.2) is 15.2 Å². The van der Waals surface area contributed by atoms with Gasteiger partial charge in [-0.3, -0.25) is 0 Å². The van der Waals surface area contributed by atoms with Crippen LogP contribution in [0.5, 0.6) is 0 Å². The van der Waals surface area contributed by atoms with Crippen LogP contribution in [0.1, 0.15) is 24.5 Å². The first-order chi connectivity index (χ1) is 6.79. The Morgan fingerprint density at radius 1 is 1.43 bits per heavy atom. The summed E-state index contributed by atoms with van der Waals surface area (Å²) in [6, 6.07) is 0. The Morgan fingerprint density at radius 3 is 2.71 bits per heavy atom. The zero-order valence-electron chi connectivity index (χ0n) is 7.87. The third-order valence-electron chi connectivity index (χ3n) is 2.79. The van der Waals surface area contributed by atoms with Crippen molar-refractivity contribution in [1.29, 1.82) is 0 Å². The monoisotopic (exact) mass is 275 g/mol. The lowest BCUT2D eigenvalue weighted by molar-refractivity contribution is 0.0887. The second kappa shape index (κ2) is 4.75. The zero-order valence-corrected chi connectivity index (χ0v) is 10.3. The molecule has 1 saturated heterocycles. The van der Waals surface area contributed by atoms with Gasteiger partial charge in [0, 0.05) is 15.4 Å². The molecule has 0 saturated carbocycles. The average Bonchev–Trinajstić information content (AvgIpc) is 2.65. The third-order valence-corrected chi connectivity index (χ3v) is 4.54. The van der Waals surface area contributed by atoms with Gasteiger partial charge < -0.3 is 10.4 Å². The van der Waals surface area contributed by atoms with Gasteiger partial charge in [-0.05, 0) is 53.2 Å². The van der Waals surface area contributed by atoms with Crippen LogP contribution in [0.3, 0.4) is 0 Å². The number of halogens is 1. The van der Waals surface area contributed by atoms with Crippen molar-refractivity contribution < 1.29 is 5.11 Å². The minimum atomic E-state index is -0.294. The van der Waals surface area contributed by atoms with E-state index in [1.165, 1.54) is 0 Å². The Morgan fingerprint density at radius 2 is 2.14 bits per heavy atom. The predicted octanol–water partition coefficient (Wildman–Crippen LogP) is 2.54. The number of rotatable bonds is 2. The zero-order chi connectivity index (χ0) is 9.97. The van der Waals surface area contributed by atoms with Gasteiger partial charge in [0.2, 0.25) is 0 Å². The highest BCUT2D eigenvalue weighted by Crippen LogP contribution is 2.34. The Hall–Kier alpha value is 0.1000. The molecule has 78 valence electrons. The van der Waals surface area contributed by atoms with E-state index >= 15 is 0 Å². The topological polar surface area (TPSA) is 32.3 Å². The van der Waals surface area contributed by atoms with E-state index in [1.54, 1.807) is 11.3 Å². The number of thiophene rings is 1. The summed E-state index contributed by atoms with van der Waals surface area (Å²) in [4.78, 5) is 0. The minimum absolute atomic E-state index is 0.294. The summed E-state index contributed by atoms with van der Waals surface area (Å²) in [7, 11) is 0. The lowest BCUT2D eigenvalue weighted by atomic mass is 9.89. The highest BCUT2D eigenvalue weighted by Gasteiger charge is 2.24. The third kappa shape index (κ3) is 2.19. The molecule has 4 heteroatoms. The SMILES string of the molecule is OC(c1cscc1Br)C1CCNCC1. The number of hydrogen-bond acceptors (Lipinski definition) is 3. The molecule has 2 heterocycles. The van der Waals surface area contributed by atoms with Crippen molar-refractivity contribution >= 4 is 27.3 Å². The molecule has 0 spiro atoms. The number of nitrogens with one attached hydrogen (secondary N) is 1. The standard InChI is InChI=1S/C10H14BrNOS/c11-9-6-14-5-8(9)10(13)7-1-3-12-4-2-7/h5-7,10,12-13H,1-4H2. The van der Waals surface area contributed by atoms with Gasteiger partial charge in [-0.25, -0.2) is 0 Å². The van der Waals surface area contributed by atoms with E-state index in [4.69, 9.17) is 0 Å². The molecule has 0 radical (unpaired) electrons. The molecule has 1 aromatic rings. The molecule has 2 N–H and O–H groups in total. The van der Waals surface area contributed by atoms with Gasteiger partial charge in [0.1, 0.15) is 0 Å². The Labute approximate surface area is 96.5 Å². The normalized spacial score (nSPS) is 21.0. The summed E-state index contributed by atoms with van der Waals surface area (Å²) >= 11 is 5.10. The van der Waals surface area contributed by atoms with Crippen molar-refractivity contribution in [2.45, 2.75) is 18.9 Å². The maximum atomic E-state index is 10.2. The van der Waals surface area contributed by atoms with Gasteiger partial charge in [0.15, 0.2) is 0 Å². The summed E-state index contributed by atoms with van der Waals surface area (Å²) in [6.45, 7) is 2.06. The fraction of sp³-hybridized carbons (Fsp3) is 0.600. The second-order valence-electron chi connectivity index (χ2n) is 3.71. The maximum Gasteiger partial charge on any atom is 0.0838 e. The predicted molar refractivity (Wildman–Crippen MR) is 62.6 cm³/mol. The molecule has 14 heavy (non-hydrogen) atoms. The summed E-state index contributed by atoms with van der Waals surface area (Å²) < 4.78 is 1.05. The minimum Gasteiger partial charge on any atom is -0.388 e. The maximum absolute atomic E-state index is 10.2. The molecule has 1 aliphatic heterocycles. The van der Waals surface area contributed by atoms with Crippen molar-refractivity contribution in [3.8, 4) is 0 Å². The van der Waals surface area contributed by atoms with Crippen LogP contribution >= 0.6 is 27.3 Å². The lowest BCUT2D eigenvalue weighted by Crippen LogP contribution is -2.30. The van der Waals surface area contributed by atoms with E-state index in [0.717, 1.165) is 36.0 Å². The van der Waals surface area contributed by atoms with Gasteiger partial charge in [0.05, 0.1) is 6.10 Å². The molecule has 1 aliphatic rings. The number of aliphatic hydroxyl groups is 1. The first kappa shape index (κ1) is 10.6. The van der Waals surface area contributed by atoms with Crippen LogP contribution in [0.25, 0.3) is 0 Å². The Bertz CT molecular complexity index is 296. The number of aliphatic hydroxyl groups excluding tert-OH is 1. The van der Waals surface area contributed by atoms with Crippen LogP contribution in [0, 0.1) is 5.92 Å². The van der Waals surface area contributed by atoms with E-state index in [1.807, 2.05) is 10.8 Å². The van der Waals surface area contributed by atoms with Gasteiger partial charge in [-0.1, -0.05) is 0 Å². The molecule has 1 unspecified atom stereocenters. The van der Waals surface area contributed by atoms with Crippen LogP contribution in [-0.4, -0.2) is 18.2 Å². The van der Waals surface area contributed by atoms with Gasteiger partial charge in [-0.15, -0.1) is 0 Å². The van der Waals surface area contributed by atoms with Crippen molar-refractivity contribution in [3.05, 3.63) is 20.8 Å². The first-order valence-electron chi connectivity index (χ1n) is 4.89. The highest BCUT2D eigenvalue weighted by molar-refractivity contribution is 9.10. The molecular weight excluding hydrogens is 262 g/mol. The molecule has 1 atom stereocenters. The van der Waals surface area contributed by atoms with Crippen molar-refractivity contribution in [2.75, 3.05) is 13.1 Å². The van der Waals surface area contributed by atoms with Crippen LogP contribution in [-0.2, 0) is 0 Å². The molecule has 2 nitrogen and oxygen atoms in total. The van der Waals surface area contributed by atoms with Crippen molar-refractivity contribution in [1.82, 2.24) is 5.32 Å². The van der Waals surface area contributed by atoms with Gasteiger partial charge in [0.25, 0.3) is 0 Å². The summed E-state index contributed by atoms with van der Waals surface area (Å²) in [5.41, 5.74) is 1.06. The molecule has 0 aromatic carbocycles. The number of hydrogen-bond donors (Lipinski definition) is 2. The van der Waals surface area contributed by atoms with E-state index in [0.29, 0.717) is 5.92 Å². The Kier molecular flexibility index (Phi) is 3.60. The van der Waals surface area contributed by atoms with Crippen LogP contribution < -0.4 is 5.32 Å². The lowest BCUT2D eigenvalue weighted by Gasteiger charge is -2.27. The summed E-state index contributed by atoms with van der Waals surface area (Å²) in [5, 5.41) is 17.5. The molecule has 0 amide bonds. The summed E-state index contributed by atoms with van der Waals surface area (Å²) in [5.74, 6) is 0.419. The molecule has 1 aromatic heterocycles. The highest BCUT2D eigenvalue weighted by atomic mass is 79.9. The van der Waals surface area contributed by atoms with E-state index in [-0.39, 0.29) is 6.10 Å². The fourth-order valence-electron chi connectivity index (χ4n) is 1.92. The summed E-state index contributed by atoms with van der Waals surface area (Å²) in [6.07, 6.45) is 1.85. The molecule has 1 fully saturated rings. The largest absolute Gasteiger partial charge is 0.388 e. The molecule has 0 bridgehead atoms. The second-order valence-corrected chi connectivity index (χ2v) is 5.31. The van der Waals surface area contributed by atoms with Gasteiger partial charge >= 0.3 is 0 Å². The van der Waals surface area contributed by atoms with Crippen molar-refractivity contribution in [3.63, 3.8) is 0 Å². The van der Waals surface area contributed by atoms with Crippen molar-refractivity contribution in [2.24, 2.45) is 5.92 Å². The molecular formula is C10H14BrNOS. The quantitative estimate of drug-likeness (QED) is 0.870. The van der Waals surface area contributed by atoms with Crippen LogP contribution in [0.2, 0.25) is 0 Å². The molecule has 2 rings (SSSR count). The van der Waals surface area contributed by atoms with E-state index in [9.17, 15) is 5.11 Å². The van der Waals surface area contributed by atoms with E-state index < -0.39 is 0 Å². The van der Waals surface area contributed by atoms with E-state index in [2.05, 4.69) is 21.2 Å². The van der Waals surface area contributed by atoms with Gasteiger partial charge in [-0.2, -0.15) is 11.3 Å². The smallest absolute Gasteiger partial charge is 0.0838 e. The Balaban J connectivity index is 2.07. The molecule has 0 aliphatic carbocycles. The first-order valence-corrected chi connectivity index (χ1v) is 6.63. The number of piperidine rings is 1. The fourth-order valence-corrected chi connectivity index (χ4v) is 3.48. The average molecular weight is 276 g/mol. The van der Waals surface area contributed by atoms with Crippen LogP contribution in [0.4, 0.5) is 0 Å².